The number of hydrogen-bond acceptors (Lipinski definition) is 10. The monoisotopic (exact) mass is 554 g/mol. The van der Waals surface area contributed by atoms with Crippen molar-refractivity contribution in [2.45, 2.75) is 57.0 Å². The van der Waals surface area contributed by atoms with Crippen LogP contribution < -0.4 is 9.47 Å². The SMILES string of the molecule is COC(=O)c1ccc(C2CCCO2)c(OCC2CC2)n1.COC(=O)c1ccc(C2CCOC2)c(OCC2CC2)n1. The fraction of sp³-hybridized carbons (Fsp3) is 0.600. The third-order valence-electron chi connectivity index (χ3n) is 7.52. The van der Waals surface area contributed by atoms with E-state index in [0.717, 1.165) is 43.6 Å². The quantitative estimate of drug-likeness (QED) is 0.384. The van der Waals surface area contributed by atoms with Gasteiger partial charge >= 0.3 is 11.9 Å². The molecule has 216 valence electrons. The topological polar surface area (TPSA) is 115 Å². The molecule has 0 bridgehead atoms. The van der Waals surface area contributed by atoms with E-state index < -0.39 is 11.9 Å². The number of aromatic nitrogens is 2. The van der Waals surface area contributed by atoms with Gasteiger partial charge in [0.1, 0.15) is 0 Å². The number of ether oxygens (including phenoxy) is 6. The molecule has 0 amide bonds. The molecule has 6 rings (SSSR count). The Kier molecular flexibility index (Phi) is 9.49. The molecule has 2 atom stereocenters. The van der Waals surface area contributed by atoms with Crippen LogP contribution in [0.1, 0.15) is 89.1 Å². The number of carbonyl (C=O) groups is 2. The third kappa shape index (κ3) is 7.48. The fourth-order valence-corrected chi connectivity index (χ4v) is 4.69. The van der Waals surface area contributed by atoms with Gasteiger partial charge in [0.15, 0.2) is 11.4 Å². The number of carbonyl (C=O) groups excluding carboxylic acids is 2. The van der Waals surface area contributed by atoms with Gasteiger partial charge in [-0.05, 0) is 75.0 Å². The van der Waals surface area contributed by atoms with Crippen molar-refractivity contribution in [1.29, 1.82) is 0 Å². The highest BCUT2D eigenvalue weighted by Gasteiger charge is 2.28. The molecule has 4 aliphatic rings. The van der Waals surface area contributed by atoms with Gasteiger partial charge in [-0.15, -0.1) is 0 Å². The van der Waals surface area contributed by atoms with Crippen molar-refractivity contribution in [1.82, 2.24) is 9.97 Å². The summed E-state index contributed by atoms with van der Waals surface area (Å²) in [5.41, 5.74) is 2.55. The Bertz CT molecular complexity index is 1080. The Labute approximate surface area is 234 Å². The van der Waals surface area contributed by atoms with Crippen LogP contribution in [-0.2, 0) is 18.9 Å². The van der Waals surface area contributed by atoms with E-state index >= 15 is 0 Å². The summed E-state index contributed by atoms with van der Waals surface area (Å²) in [6.07, 6.45) is 7.89. The predicted octanol–water partition coefficient (Wildman–Crippen LogP) is 4.67. The predicted molar refractivity (Wildman–Crippen MR) is 144 cm³/mol. The Morgan fingerprint density at radius 1 is 0.775 bits per heavy atom. The lowest BCUT2D eigenvalue weighted by atomic mass is 9.99. The number of nitrogens with zero attached hydrogens (tertiary/aromatic N) is 2. The molecule has 0 radical (unpaired) electrons. The van der Waals surface area contributed by atoms with Crippen molar-refractivity contribution >= 4 is 11.9 Å². The normalized spacial score (nSPS) is 21.8. The van der Waals surface area contributed by atoms with Crippen LogP contribution in [0.5, 0.6) is 11.8 Å². The summed E-state index contributed by atoms with van der Waals surface area (Å²) in [7, 11) is 2.70. The molecule has 0 N–H and O–H groups in total. The summed E-state index contributed by atoms with van der Waals surface area (Å²) in [6.45, 7) is 3.57. The van der Waals surface area contributed by atoms with Gasteiger partial charge in [-0.1, -0.05) is 6.07 Å². The molecule has 10 nitrogen and oxygen atoms in total. The molecule has 2 aliphatic heterocycles. The molecule has 0 spiro atoms. The summed E-state index contributed by atoms with van der Waals surface area (Å²) in [6, 6.07) is 7.16. The van der Waals surface area contributed by atoms with Gasteiger partial charge in [-0.3, -0.25) is 0 Å². The average Bonchev–Trinajstić information content (AvgIpc) is 3.89. The van der Waals surface area contributed by atoms with Gasteiger partial charge in [0.25, 0.3) is 0 Å². The van der Waals surface area contributed by atoms with Gasteiger partial charge in [0.2, 0.25) is 11.8 Å². The standard InChI is InChI=1S/2C15H19NO4/c1-18-15(17)13-5-4-12(11-6-7-19-9-11)14(16-13)20-8-10-2-3-10;1-18-15(17)12-7-6-11(13-3-2-8-19-13)14(16-12)20-9-10-4-5-10/h4-5,10-11H,2-3,6-9H2,1H3;6-7,10,13H,2-5,8-9H2,1H3. The first-order chi connectivity index (χ1) is 19.6. The van der Waals surface area contributed by atoms with Gasteiger partial charge < -0.3 is 28.4 Å². The van der Waals surface area contributed by atoms with Crippen LogP contribution in [-0.4, -0.2) is 69.2 Å². The molecule has 4 fully saturated rings. The zero-order valence-corrected chi connectivity index (χ0v) is 23.3. The summed E-state index contributed by atoms with van der Waals surface area (Å²) in [5.74, 6) is 1.79. The van der Waals surface area contributed by atoms with Crippen molar-refractivity contribution in [3.63, 3.8) is 0 Å². The maximum Gasteiger partial charge on any atom is 0.356 e. The summed E-state index contributed by atoms with van der Waals surface area (Å²) < 4.78 is 32.2. The minimum absolute atomic E-state index is 0.0309. The van der Waals surface area contributed by atoms with Crippen LogP contribution in [0.4, 0.5) is 0 Å². The number of esters is 2. The van der Waals surface area contributed by atoms with E-state index in [4.69, 9.17) is 28.4 Å². The first-order valence-corrected chi connectivity index (χ1v) is 14.2. The lowest BCUT2D eigenvalue weighted by Crippen LogP contribution is -2.11. The van der Waals surface area contributed by atoms with Crippen molar-refractivity contribution in [2.24, 2.45) is 11.8 Å². The van der Waals surface area contributed by atoms with Crippen LogP contribution in [0.25, 0.3) is 0 Å². The zero-order chi connectivity index (χ0) is 27.9. The Morgan fingerprint density at radius 3 is 1.82 bits per heavy atom. The minimum Gasteiger partial charge on any atom is -0.477 e. The van der Waals surface area contributed by atoms with Crippen LogP contribution in [0.3, 0.4) is 0 Å². The Morgan fingerprint density at radius 2 is 1.35 bits per heavy atom. The molecule has 2 aromatic heterocycles. The lowest BCUT2D eigenvalue weighted by Gasteiger charge is -2.15. The van der Waals surface area contributed by atoms with Crippen LogP contribution in [0.15, 0.2) is 24.3 Å². The van der Waals surface area contributed by atoms with Crippen LogP contribution >= 0.6 is 0 Å². The maximum absolute atomic E-state index is 11.6. The second-order valence-electron chi connectivity index (χ2n) is 10.7. The third-order valence-corrected chi connectivity index (χ3v) is 7.52. The molecule has 10 heteroatoms. The molecule has 2 saturated carbocycles. The minimum atomic E-state index is -0.444. The molecule has 4 heterocycles. The molecule has 2 aromatic rings. The van der Waals surface area contributed by atoms with Gasteiger partial charge in [-0.2, -0.15) is 0 Å². The summed E-state index contributed by atoms with van der Waals surface area (Å²) in [5, 5.41) is 0. The molecule has 0 aromatic carbocycles. The number of hydrogen-bond donors (Lipinski definition) is 0. The molecule has 2 saturated heterocycles. The van der Waals surface area contributed by atoms with Crippen molar-refractivity contribution < 1.29 is 38.0 Å². The van der Waals surface area contributed by atoms with E-state index in [0.29, 0.717) is 55.0 Å². The van der Waals surface area contributed by atoms with Crippen molar-refractivity contribution in [3.8, 4) is 11.8 Å². The number of methoxy groups -OCH3 is 2. The molecule has 40 heavy (non-hydrogen) atoms. The van der Waals surface area contributed by atoms with E-state index in [9.17, 15) is 9.59 Å². The molecule has 2 aliphatic carbocycles. The largest absolute Gasteiger partial charge is 0.477 e. The lowest BCUT2D eigenvalue weighted by molar-refractivity contribution is 0.0583. The zero-order valence-electron chi connectivity index (χ0n) is 23.3. The summed E-state index contributed by atoms with van der Waals surface area (Å²) in [4.78, 5) is 31.8. The van der Waals surface area contributed by atoms with E-state index in [1.165, 1.54) is 39.9 Å². The highest BCUT2D eigenvalue weighted by Crippen LogP contribution is 2.36. The second-order valence-corrected chi connectivity index (χ2v) is 10.7. The highest BCUT2D eigenvalue weighted by atomic mass is 16.5. The smallest absolute Gasteiger partial charge is 0.356 e. The number of rotatable bonds is 10. The fourth-order valence-electron chi connectivity index (χ4n) is 4.69. The van der Waals surface area contributed by atoms with Crippen LogP contribution in [0, 0.1) is 11.8 Å². The first kappa shape index (κ1) is 28.3. The van der Waals surface area contributed by atoms with E-state index in [1.54, 1.807) is 12.1 Å². The first-order valence-electron chi connectivity index (χ1n) is 14.2. The van der Waals surface area contributed by atoms with Gasteiger partial charge in [-0.25, -0.2) is 19.6 Å². The maximum atomic E-state index is 11.6. The van der Waals surface area contributed by atoms with Crippen LogP contribution in [0.2, 0.25) is 0 Å². The van der Waals surface area contributed by atoms with E-state index in [-0.39, 0.29) is 11.8 Å². The van der Waals surface area contributed by atoms with Crippen molar-refractivity contribution in [3.05, 3.63) is 46.8 Å². The molecular weight excluding hydrogens is 516 g/mol. The van der Waals surface area contributed by atoms with Gasteiger partial charge in [0, 0.05) is 30.3 Å². The van der Waals surface area contributed by atoms with Crippen molar-refractivity contribution in [2.75, 3.05) is 47.3 Å². The average molecular weight is 555 g/mol. The van der Waals surface area contributed by atoms with E-state index in [2.05, 4.69) is 9.97 Å². The Balaban J connectivity index is 0.000000161. The molecular formula is C30H38N2O8. The number of pyridine rings is 2. The van der Waals surface area contributed by atoms with Gasteiger partial charge in [0.05, 0.1) is 40.1 Å². The molecule has 2 unspecified atom stereocenters. The summed E-state index contributed by atoms with van der Waals surface area (Å²) >= 11 is 0. The Hall–Kier alpha value is -3.24. The second kappa shape index (κ2) is 13.4. The highest BCUT2D eigenvalue weighted by molar-refractivity contribution is 5.87. The van der Waals surface area contributed by atoms with E-state index in [1.807, 2.05) is 12.1 Å².